The van der Waals surface area contributed by atoms with Crippen LogP contribution in [-0.4, -0.2) is 37.6 Å². The second-order valence-corrected chi connectivity index (χ2v) is 6.31. The molecule has 1 saturated heterocycles. The molecule has 0 aromatic heterocycles. The summed E-state index contributed by atoms with van der Waals surface area (Å²) >= 11 is 0. The Labute approximate surface area is 140 Å². The summed E-state index contributed by atoms with van der Waals surface area (Å²) in [7, 11) is 1.69. The lowest BCUT2D eigenvalue weighted by Gasteiger charge is -2.29. The number of nitrogens with one attached hydrogen (secondary N) is 1. The Balaban J connectivity index is 2.02. The van der Waals surface area contributed by atoms with Gasteiger partial charge in [0, 0.05) is 12.6 Å². The highest BCUT2D eigenvalue weighted by Gasteiger charge is 2.24. The van der Waals surface area contributed by atoms with Crippen LogP contribution in [0.1, 0.15) is 57.1 Å². The van der Waals surface area contributed by atoms with E-state index in [-0.39, 0.29) is 5.91 Å². The summed E-state index contributed by atoms with van der Waals surface area (Å²) in [6, 6.07) is 8.63. The zero-order valence-electron chi connectivity index (χ0n) is 14.5. The highest BCUT2D eigenvalue weighted by Crippen LogP contribution is 2.30. The van der Waals surface area contributed by atoms with Crippen molar-refractivity contribution in [1.82, 2.24) is 10.2 Å². The lowest BCUT2D eigenvalue weighted by Crippen LogP contribution is -2.39. The van der Waals surface area contributed by atoms with E-state index in [0.29, 0.717) is 12.6 Å². The van der Waals surface area contributed by atoms with Crippen LogP contribution < -0.4 is 10.1 Å². The van der Waals surface area contributed by atoms with Crippen molar-refractivity contribution in [1.29, 1.82) is 0 Å². The summed E-state index contributed by atoms with van der Waals surface area (Å²) in [6.45, 7) is 4.43. The summed E-state index contributed by atoms with van der Waals surface area (Å²) in [6.07, 6.45) is 6.93. The van der Waals surface area contributed by atoms with Gasteiger partial charge in [-0.25, -0.2) is 0 Å². The molecular formula is C19H30N2O2. The van der Waals surface area contributed by atoms with Gasteiger partial charge in [0.05, 0.1) is 13.7 Å². The minimum atomic E-state index is 0.152. The van der Waals surface area contributed by atoms with Crippen LogP contribution in [0.3, 0.4) is 0 Å². The monoisotopic (exact) mass is 318 g/mol. The van der Waals surface area contributed by atoms with Gasteiger partial charge in [0.25, 0.3) is 0 Å². The number of unbranched alkanes of at least 4 members (excludes halogenated alkanes) is 1. The Morgan fingerprint density at radius 1 is 1.26 bits per heavy atom. The van der Waals surface area contributed by atoms with Crippen molar-refractivity contribution >= 4 is 5.91 Å². The number of carbonyl (C=O) groups is 1. The molecule has 128 valence electrons. The number of benzene rings is 1. The van der Waals surface area contributed by atoms with Crippen molar-refractivity contribution in [2.24, 2.45) is 0 Å². The third-order valence-corrected chi connectivity index (χ3v) is 4.56. The normalized spacial score (nSPS) is 19.1. The minimum Gasteiger partial charge on any atom is -0.497 e. The number of hydrogen-bond donors (Lipinski definition) is 1. The standard InChI is InChI=1S/C19H30N2O2/c1-3-4-13-20-19(22)15-21-14-7-5-6-8-18(21)16-9-11-17(23-2)12-10-16/h9-12,18H,3-8,13-15H2,1-2H3,(H,20,22). The molecule has 4 heteroatoms. The molecule has 0 bridgehead atoms. The Kier molecular flexibility index (Phi) is 7.40. The van der Waals surface area contributed by atoms with Crippen molar-refractivity contribution in [2.75, 3.05) is 26.7 Å². The lowest BCUT2D eigenvalue weighted by molar-refractivity contribution is -0.122. The molecule has 2 rings (SSSR count). The van der Waals surface area contributed by atoms with E-state index in [2.05, 4.69) is 29.3 Å². The highest BCUT2D eigenvalue weighted by atomic mass is 16.5. The minimum absolute atomic E-state index is 0.152. The topological polar surface area (TPSA) is 41.6 Å². The molecule has 0 saturated carbocycles. The first-order valence-corrected chi connectivity index (χ1v) is 8.89. The molecular weight excluding hydrogens is 288 g/mol. The van der Waals surface area contributed by atoms with Gasteiger partial charge in [-0.1, -0.05) is 38.3 Å². The summed E-state index contributed by atoms with van der Waals surface area (Å²) in [4.78, 5) is 14.5. The van der Waals surface area contributed by atoms with Gasteiger partial charge in [0.15, 0.2) is 0 Å². The van der Waals surface area contributed by atoms with E-state index in [1.54, 1.807) is 7.11 Å². The predicted octanol–water partition coefficient (Wildman–Crippen LogP) is 3.53. The van der Waals surface area contributed by atoms with E-state index in [4.69, 9.17) is 4.74 Å². The van der Waals surface area contributed by atoms with Crippen LogP contribution in [-0.2, 0) is 4.79 Å². The maximum atomic E-state index is 12.2. The fourth-order valence-corrected chi connectivity index (χ4v) is 3.21. The maximum Gasteiger partial charge on any atom is 0.234 e. The Morgan fingerprint density at radius 3 is 2.74 bits per heavy atom. The molecule has 4 nitrogen and oxygen atoms in total. The molecule has 0 spiro atoms. The molecule has 1 aliphatic rings. The molecule has 0 aliphatic carbocycles. The number of ether oxygens (including phenoxy) is 1. The van der Waals surface area contributed by atoms with Crippen LogP contribution in [0.5, 0.6) is 5.75 Å². The molecule has 1 aromatic carbocycles. The lowest BCUT2D eigenvalue weighted by atomic mass is 10.0. The quantitative estimate of drug-likeness (QED) is 0.782. The smallest absolute Gasteiger partial charge is 0.234 e. The number of methoxy groups -OCH3 is 1. The Morgan fingerprint density at radius 2 is 2.04 bits per heavy atom. The van der Waals surface area contributed by atoms with E-state index in [1.807, 2.05) is 12.1 Å². The van der Waals surface area contributed by atoms with Crippen molar-refractivity contribution in [3.8, 4) is 5.75 Å². The van der Waals surface area contributed by atoms with Gasteiger partial charge in [-0.05, 0) is 43.5 Å². The number of hydrogen-bond acceptors (Lipinski definition) is 3. The fourth-order valence-electron chi connectivity index (χ4n) is 3.21. The number of rotatable bonds is 7. The first kappa shape index (κ1) is 17.8. The molecule has 1 aliphatic heterocycles. The number of amides is 1. The maximum absolute atomic E-state index is 12.2. The largest absolute Gasteiger partial charge is 0.497 e. The van der Waals surface area contributed by atoms with Crippen molar-refractivity contribution in [2.45, 2.75) is 51.5 Å². The average Bonchev–Trinajstić information content (AvgIpc) is 2.80. The number of carbonyl (C=O) groups excluding carboxylic acids is 1. The van der Waals surface area contributed by atoms with Gasteiger partial charge >= 0.3 is 0 Å². The van der Waals surface area contributed by atoms with E-state index < -0.39 is 0 Å². The van der Waals surface area contributed by atoms with E-state index in [0.717, 1.165) is 38.1 Å². The fraction of sp³-hybridized carbons (Fsp3) is 0.632. The average molecular weight is 318 g/mol. The number of nitrogens with zero attached hydrogens (tertiary/aromatic N) is 1. The van der Waals surface area contributed by atoms with Crippen molar-refractivity contribution in [3.63, 3.8) is 0 Å². The zero-order chi connectivity index (χ0) is 16.5. The van der Waals surface area contributed by atoms with Crippen molar-refractivity contribution in [3.05, 3.63) is 29.8 Å². The van der Waals surface area contributed by atoms with Gasteiger partial charge < -0.3 is 10.1 Å². The molecule has 1 atom stereocenters. The molecule has 1 fully saturated rings. The molecule has 1 unspecified atom stereocenters. The van der Waals surface area contributed by atoms with Crippen LogP contribution in [0.2, 0.25) is 0 Å². The van der Waals surface area contributed by atoms with Gasteiger partial charge in [-0.2, -0.15) is 0 Å². The van der Waals surface area contributed by atoms with Gasteiger partial charge in [-0.15, -0.1) is 0 Å². The second kappa shape index (κ2) is 9.56. The SMILES string of the molecule is CCCCNC(=O)CN1CCCCCC1c1ccc(OC)cc1. The van der Waals surface area contributed by atoms with Crippen LogP contribution >= 0.6 is 0 Å². The highest BCUT2D eigenvalue weighted by molar-refractivity contribution is 5.78. The summed E-state index contributed by atoms with van der Waals surface area (Å²) < 4.78 is 5.25. The van der Waals surface area contributed by atoms with Gasteiger partial charge in [0.2, 0.25) is 5.91 Å². The second-order valence-electron chi connectivity index (χ2n) is 6.31. The van der Waals surface area contributed by atoms with Crippen LogP contribution in [0.25, 0.3) is 0 Å². The third-order valence-electron chi connectivity index (χ3n) is 4.56. The first-order valence-electron chi connectivity index (χ1n) is 8.89. The predicted molar refractivity (Wildman–Crippen MR) is 93.7 cm³/mol. The van der Waals surface area contributed by atoms with E-state index >= 15 is 0 Å². The molecule has 1 amide bonds. The number of likely N-dealkylation sites (tertiary alicyclic amines) is 1. The summed E-state index contributed by atoms with van der Waals surface area (Å²) in [5.41, 5.74) is 1.29. The van der Waals surface area contributed by atoms with E-state index in [1.165, 1.54) is 24.8 Å². The zero-order valence-corrected chi connectivity index (χ0v) is 14.5. The van der Waals surface area contributed by atoms with Crippen LogP contribution in [0.4, 0.5) is 0 Å². The Bertz CT molecular complexity index is 473. The van der Waals surface area contributed by atoms with Crippen LogP contribution in [0.15, 0.2) is 24.3 Å². The molecule has 0 radical (unpaired) electrons. The molecule has 1 heterocycles. The summed E-state index contributed by atoms with van der Waals surface area (Å²) in [5, 5.41) is 3.04. The van der Waals surface area contributed by atoms with Crippen LogP contribution in [0, 0.1) is 0 Å². The van der Waals surface area contributed by atoms with Gasteiger partial charge in [-0.3, -0.25) is 9.69 Å². The first-order chi connectivity index (χ1) is 11.2. The molecule has 1 aromatic rings. The van der Waals surface area contributed by atoms with Gasteiger partial charge in [0.1, 0.15) is 5.75 Å². The van der Waals surface area contributed by atoms with E-state index in [9.17, 15) is 4.79 Å². The van der Waals surface area contributed by atoms with Crippen molar-refractivity contribution < 1.29 is 9.53 Å². The molecule has 23 heavy (non-hydrogen) atoms. The summed E-state index contributed by atoms with van der Waals surface area (Å²) in [5.74, 6) is 1.03. The third kappa shape index (κ3) is 5.54. The molecule has 1 N–H and O–H groups in total. The Hall–Kier alpha value is -1.55.